The molecule has 0 saturated carbocycles. The van der Waals surface area contributed by atoms with Crippen LogP contribution in [0.25, 0.3) is 10.8 Å². The number of aliphatic hydroxyl groups is 1. The number of phenols is 1. The van der Waals surface area contributed by atoms with Gasteiger partial charge in [-0.05, 0) is 12.1 Å². The van der Waals surface area contributed by atoms with Crippen LogP contribution in [0.1, 0.15) is 0 Å². The number of benzene rings is 2. The van der Waals surface area contributed by atoms with Gasteiger partial charge in [0.1, 0.15) is 5.75 Å². The van der Waals surface area contributed by atoms with Crippen LogP contribution in [0.5, 0.6) is 5.75 Å². The average Bonchev–Trinajstić information content (AvgIpc) is 2.35. The Morgan fingerprint density at radius 2 is 1.89 bits per heavy atom. The Hall–Kier alpha value is -1.83. The molecule has 19 heavy (non-hydrogen) atoms. The highest BCUT2D eigenvalue weighted by atomic mass is 32.2. The zero-order chi connectivity index (χ0) is 14.0. The van der Waals surface area contributed by atoms with Crippen molar-refractivity contribution >= 4 is 26.6 Å². The summed E-state index contributed by atoms with van der Waals surface area (Å²) in [4.78, 5) is -0.379. The molecule has 0 spiro atoms. The molecule has 0 saturated heterocycles. The van der Waals surface area contributed by atoms with E-state index in [1.165, 1.54) is 6.07 Å². The number of anilines is 1. The molecule has 0 radical (unpaired) electrons. The largest absolute Gasteiger partial charge is 0.507 e. The van der Waals surface area contributed by atoms with Gasteiger partial charge in [0.25, 0.3) is 10.1 Å². The van der Waals surface area contributed by atoms with Crippen LogP contribution in [0.15, 0.2) is 35.2 Å². The normalized spacial score (nSPS) is 11.7. The summed E-state index contributed by atoms with van der Waals surface area (Å²) in [7, 11) is -4.39. The van der Waals surface area contributed by atoms with E-state index in [9.17, 15) is 13.5 Å². The molecular weight excluding hydrogens is 270 g/mol. The molecule has 0 aromatic heterocycles. The zero-order valence-corrected chi connectivity index (χ0v) is 10.7. The molecule has 2 aromatic carbocycles. The minimum Gasteiger partial charge on any atom is -0.507 e. The molecule has 0 aliphatic carbocycles. The van der Waals surface area contributed by atoms with Gasteiger partial charge in [-0.25, -0.2) is 0 Å². The first kappa shape index (κ1) is 13.6. The lowest BCUT2D eigenvalue weighted by atomic mass is 10.1. The van der Waals surface area contributed by atoms with Crippen molar-refractivity contribution in [3.05, 3.63) is 30.3 Å². The Kier molecular flexibility index (Phi) is 3.61. The topological polar surface area (TPSA) is 107 Å². The lowest BCUT2D eigenvalue weighted by molar-refractivity contribution is 0.311. The minimum atomic E-state index is -4.39. The lowest BCUT2D eigenvalue weighted by Gasteiger charge is -2.10. The SMILES string of the molecule is O=S(=O)(O)c1cc(O)c2cccc(NCCO)c2c1. The summed E-state index contributed by atoms with van der Waals surface area (Å²) in [5.74, 6) is -0.238. The van der Waals surface area contributed by atoms with Gasteiger partial charge in [-0.3, -0.25) is 4.55 Å². The highest BCUT2D eigenvalue weighted by Crippen LogP contribution is 2.33. The van der Waals surface area contributed by atoms with Crippen molar-refractivity contribution in [3.8, 4) is 5.75 Å². The van der Waals surface area contributed by atoms with Gasteiger partial charge in [-0.15, -0.1) is 0 Å². The molecule has 0 heterocycles. The fourth-order valence-corrected chi connectivity index (χ4v) is 2.36. The average molecular weight is 283 g/mol. The second kappa shape index (κ2) is 5.04. The van der Waals surface area contributed by atoms with Crippen molar-refractivity contribution in [1.82, 2.24) is 0 Å². The third-order valence-electron chi connectivity index (χ3n) is 2.67. The Morgan fingerprint density at radius 1 is 1.16 bits per heavy atom. The summed E-state index contributed by atoms with van der Waals surface area (Å²) in [5.41, 5.74) is 0.562. The van der Waals surface area contributed by atoms with Crippen molar-refractivity contribution in [3.63, 3.8) is 0 Å². The fourth-order valence-electron chi connectivity index (χ4n) is 1.83. The standard InChI is InChI=1S/C12H13NO5S/c14-5-4-13-11-3-1-2-9-10(11)6-8(7-12(9)15)19(16,17)18/h1-3,6-7,13-15H,4-5H2,(H,16,17,18). The van der Waals surface area contributed by atoms with Crippen molar-refractivity contribution in [1.29, 1.82) is 0 Å². The number of aliphatic hydroxyl groups excluding tert-OH is 1. The maximum absolute atomic E-state index is 11.1. The third kappa shape index (κ3) is 2.78. The predicted molar refractivity (Wildman–Crippen MR) is 71.0 cm³/mol. The molecular formula is C12H13NO5S. The maximum Gasteiger partial charge on any atom is 0.294 e. The minimum absolute atomic E-state index is 0.0830. The Bertz CT molecular complexity index is 711. The molecule has 0 unspecified atom stereocenters. The quantitative estimate of drug-likeness (QED) is 0.628. The van der Waals surface area contributed by atoms with E-state index in [1.54, 1.807) is 18.2 Å². The van der Waals surface area contributed by atoms with E-state index >= 15 is 0 Å². The van der Waals surface area contributed by atoms with Crippen LogP contribution >= 0.6 is 0 Å². The summed E-state index contributed by atoms with van der Waals surface area (Å²) in [6, 6.07) is 7.26. The number of rotatable bonds is 4. The highest BCUT2D eigenvalue weighted by molar-refractivity contribution is 7.85. The van der Waals surface area contributed by atoms with Crippen LogP contribution in [-0.4, -0.2) is 36.3 Å². The summed E-state index contributed by atoms with van der Waals surface area (Å²) in [6.07, 6.45) is 0. The Morgan fingerprint density at radius 3 is 2.53 bits per heavy atom. The first-order chi connectivity index (χ1) is 8.93. The van der Waals surface area contributed by atoms with Gasteiger partial charge in [-0.1, -0.05) is 12.1 Å². The van der Waals surface area contributed by atoms with E-state index < -0.39 is 10.1 Å². The van der Waals surface area contributed by atoms with Crippen molar-refractivity contribution in [2.75, 3.05) is 18.5 Å². The molecule has 6 nitrogen and oxygen atoms in total. The van der Waals surface area contributed by atoms with Crippen molar-refractivity contribution in [2.45, 2.75) is 4.90 Å². The fraction of sp³-hybridized carbons (Fsp3) is 0.167. The molecule has 7 heteroatoms. The molecule has 4 N–H and O–H groups in total. The molecule has 2 aromatic rings. The summed E-state index contributed by atoms with van der Waals surface area (Å²) < 4.78 is 31.3. The van der Waals surface area contributed by atoms with Crippen LogP contribution in [0.2, 0.25) is 0 Å². The zero-order valence-electron chi connectivity index (χ0n) is 9.87. The Balaban J connectivity index is 2.69. The van der Waals surface area contributed by atoms with Crippen LogP contribution in [0.3, 0.4) is 0 Å². The number of hydrogen-bond acceptors (Lipinski definition) is 5. The number of aromatic hydroxyl groups is 1. The molecule has 0 fully saturated rings. The smallest absolute Gasteiger partial charge is 0.294 e. The Labute approximate surface area is 110 Å². The van der Waals surface area contributed by atoms with E-state index in [4.69, 9.17) is 9.66 Å². The molecule has 0 aliphatic rings. The van der Waals surface area contributed by atoms with Crippen molar-refractivity contribution in [2.24, 2.45) is 0 Å². The second-order valence-electron chi connectivity index (χ2n) is 3.97. The third-order valence-corrected chi connectivity index (χ3v) is 3.50. The monoisotopic (exact) mass is 283 g/mol. The predicted octanol–water partition coefficient (Wildman–Crippen LogP) is 1.20. The van der Waals surface area contributed by atoms with Crippen LogP contribution in [0.4, 0.5) is 5.69 Å². The van der Waals surface area contributed by atoms with E-state index in [0.717, 1.165) is 6.07 Å². The number of fused-ring (bicyclic) bond motifs is 1. The summed E-state index contributed by atoms with van der Waals surface area (Å²) in [6.45, 7) is 0.205. The molecule has 102 valence electrons. The van der Waals surface area contributed by atoms with E-state index in [0.29, 0.717) is 16.5 Å². The molecule has 0 aliphatic heterocycles. The van der Waals surface area contributed by atoms with Gasteiger partial charge in [0.05, 0.1) is 11.5 Å². The summed E-state index contributed by atoms with van der Waals surface area (Å²) >= 11 is 0. The van der Waals surface area contributed by atoms with Crippen LogP contribution in [0, 0.1) is 0 Å². The van der Waals surface area contributed by atoms with Gasteiger partial charge < -0.3 is 15.5 Å². The van der Waals surface area contributed by atoms with E-state index in [1.807, 2.05) is 0 Å². The number of hydrogen-bond donors (Lipinski definition) is 4. The first-order valence-electron chi connectivity index (χ1n) is 5.51. The first-order valence-corrected chi connectivity index (χ1v) is 6.95. The van der Waals surface area contributed by atoms with E-state index in [2.05, 4.69) is 5.32 Å². The molecule has 2 rings (SSSR count). The van der Waals surface area contributed by atoms with Gasteiger partial charge in [0, 0.05) is 29.1 Å². The van der Waals surface area contributed by atoms with Gasteiger partial charge in [0.15, 0.2) is 0 Å². The molecule has 0 atom stereocenters. The molecule has 0 bridgehead atoms. The van der Waals surface area contributed by atoms with Crippen LogP contribution < -0.4 is 5.32 Å². The van der Waals surface area contributed by atoms with Crippen molar-refractivity contribution < 1.29 is 23.2 Å². The number of phenolic OH excluding ortho intramolecular Hbond substituents is 1. The second-order valence-corrected chi connectivity index (χ2v) is 5.39. The summed E-state index contributed by atoms with van der Waals surface area (Å²) in [5, 5.41) is 22.4. The molecule has 0 amide bonds. The van der Waals surface area contributed by atoms with Gasteiger partial charge in [0.2, 0.25) is 0 Å². The van der Waals surface area contributed by atoms with Crippen LogP contribution in [-0.2, 0) is 10.1 Å². The maximum atomic E-state index is 11.1. The lowest BCUT2D eigenvalue weighted by Crippen LogP contribution is -2.06. The van der Waals surface area contributed by atoms with E-state index in [-0.39, 0.29) is 23.8 Å². The highest BCUT2D eigenvalue weighted by Gasteiger charge is 2.14. The number of nitrogens with one attached hydrogen (secondary N) is 1. The van der Waals surface area contributed by atoms with Gasteiger partial charge in [-0.2, -0.15) is 8.42 Å². The van der Waals surface area contributed by atoms with Gasteiger partial charge >= 0.3 is 0 Å².